The van der Waals surface area contributed by atoms with Gasteiger partial charge >= 0.3 is 0 Å². The van der Waals surface area contributed by atoms with Crippen LogP contribution in [0.1, 0.15) is 0 Å². The molecule has 4 N–H and O–H groups in total. The smallest absolute Gasteiger partial charge is 0.239 e. The maximum Gasteiger partial charge on any atom is 0.239 e. The normalized spacial score (nSPS) is 8.12. The maximum absolute atomic E-state index is 7.87. The zero-order chi connectivity index (χ0) is 11.7. The molecule has 4 nitrogen and oxygen atoms in total. The molecule has 0 radical (unpaired) electrons. The quantitative estimate of drug-likeness (QED) is 0.131. The van der Waals surface area contributed by atoms with Crippen molar-refractivity contribution in [2.24, 2.45) is 0 Å². The van der Waals surface area contributed by atoms with Crippen molar-refractivity contribution in [3.8, 4) is 0 Å². The van der Waals surface area contributed by atoms with Crippen molar-refractivity contribution >= 4 is 59.5 Å². The number of thiol groups is 2. The average molecular weight is 498 g/mol. The SMILES string of the molecule is C=C[CH2-].OP(O)(=S)S.OP(O)(=S)S.[Zn].[Zn].[Zn]. The molecule has 0 aliphatic rings. The summed E-state index contributed by atoms with van der Waals surface area (Å²) in [4.78, 5) is 31.5. The Morgan fingerprint density at radius 3 is 0.938 bits per heavy atom. The predicted octanol–water partition coefficient (Wildman–Crippen LogP) is 1.25. The van der Waals surface area contributed by atoms with Crippen LogP contribution in [0.25, 0.3) is 0 Å². The van der Waals surface area contributed by atoms with E-state index in [1.165, 1.54) is 6.08 Å². The van der Waals surface area contributed by atoms with Crippen molar-refractivity contribution < 1.29 is 78.0 Å². The third-order valence-corrected chi connectivity index (χ3v) is 0. The van der Waals surface area contributed by atoms with Gasteiger partial charge in [-0.25, -0.2) is 19.6 Å². The van der Waals surface area contributed by atoms with Crippen molar-refractivity contribution in [1.82, 2.24) is 0 Å². The van der Waals surface area contributed by atoms with Crippen molar-refractivity contribution in [1.29, 1.82) is 0 Å². The van der Waals surface area contributed by atoms with Gasteiger partial charge in [-0.3, -0.25) is 0 Å². The van der Waals surface area contributed by atoms with Crippen LogP contribution in [-0.4, -0.2) is 19.6 Å². The van der Waals surface area contributed by atoms with Gasteiger partial charge in [0.15, 0.2) is 0 Å². The fraction of sp³-hybridized carbons (Fsp3) is 0. The molecule has 0 aromatic carbocycles. The molecule has 0 spiro atoms. The fourth-order valence-corrected chi connectivity index (χ4v) is 0. The van der Waals surface area contributed by atoms with E-state index in [4.69, 9.17) is 19.6 Å². The first-order chi connectivity index (χ1) is 5.41. The molecule has 0 saturated heterocycles. The van der Waals surface area contributed by atoms with E-state index in [9.17, 15) is 0 Å². The summed E-state index contributed by atoms with van der Waals surface area (Å²) in [5.74, 6) is 0. The molecule has 0 unspecified atom stereocenters. The largest absolute Gasteiger partial charge is 0.338 e. The van der Waals surface area contributed by atoms with Crippen LogP contribution in [0.15, 0.2) is 12.7 Å². The van der Waals surface area contributed by atoms with Gasteiger partial charge in [-0.15, -0.1) is 0 Å². The van der Waals surface area contributed by atoms with Crippen molar-refractivity contribution in [2.75, 3.05) is 0 Å². The minimum Gasteiger partial charge on any atom is -0.338 e. The Balaban J connectivity index is -0.0000000220. The van der Waals surface area contributed by atoms with Crippen LogP contribution >= 0.6 is 35.9 Å². The molecule has 16 heavy (non-hydrogen) atoms. The fourth-order valence-electron chi connectivity index (χ4n) is 0. The molecular weight excluding hydrogens is 486 g/mol. The zero-order valence-corrected chi connectivity index (χ0v) is 22.6. The van der Waals surface area contributed by atoms with Gasteiger partial charge in [0.2, 0.25) is 11.4 Å². The van der Waals surface area contributed by atoms with E-state index in [0.29, 0.717) is 0 Å². The Morgan fingerprint density at radius 1 is 0.938 bits per heavy atom. The van der Waals surface area contributed by atoms with E-state index in [1.54, 1.807) is 0 Å². The van der Waals surface area contributed by atoms with E-state index < -0.39 is 11.4 Å². The minimum atomic E-state index is -3.11. The van der Waals surface area contributed by atoms with Crippen LogP contribution in [0.2, 0.25) is 0 Å². The maximum atomic E-state index is 7.87. The Labute approximate surface area is 155 Å². The van der Waals surface area contributed by atoms with Crippen molar-refractivity contribution in [3.05, 3.63) is 19.6 Å². The molecule has 0 atom stereocenters. The summed E-state index contributed by atoms with van der Waals surface area (Å²) in [5.41, 5.74) is -6.22. The molecule has 0 amide bonds. The van der Waals surface area contributed by atoms with E-state index in [1.807, 2.05) is 0 Å². The van der Waals surface area contributed by atoms with E-state index in [-0.39, 0.29) is 58.4 Å². The third-order valence-electron chi connectivity index (χ3n) is 0. The standard InChI is InChI=1S/C3H5.2H3O2PS2.3Zn/c1-3-2;2*1-3(2,4)5;;;/h3H,1-2H2;2*(H3,1,2,4,5);;;/q-1;;;;;. The Morgan fingerprint density at radius 2 is 0.938 bits per heavy atom. The molecule has 13 heteroatoms. The van der Waals surface area contributed by atoms with E-state index >= 15 is 0 Å². The number of rotatable bonds is 0. The Hall–Kier alpha value is 3.32. The van der Waals surface area contributed by atoms with Gasteiger partial charge in [0.1, 0.15) is 0 Å². The second kappa shape index (κ2) is 20.6. The molecule has 0 aliphatic heterocycles. The molecule has 0 bridgehead atoms. The zero-order valence-electron chi connectivity index (χ0n) is 8.51. The molecule has 0 saturated carbocycles. The summed E-state index contributed by atoms with van der Waals surface area (Å²) in [5, 5.41) is 0. The molecule has 88 valence electrons. The number of allylic oxidation sites excluding steroid dienone is 1. The summed E-state index contributed by atoms with van der Waals surface area (Å²) in [6, 6.07) is 0. The molecule has 0 heterocycles. The van der Waals surface area contributed by atoms with Gasteiger partial charge in [0, 0.05) is 58.4 Å². The molecule has 0 aromatic rings. The number of hydrogen-bond acceptors (Lipinski definition) is 2. The van der Waals surface area contributed by atoms with Crippen LogP contribution in [0.3, 0.4) is 0 Å². The van der Waals surface area contributed by atoms with Crippen molar-refractivity contribution in [2.45, 2.75) is 0 Å². The van der Waals surface area contributed by atoms with E-state index in [0.717, 1.165) is 0 Å². The van der Waals surface area contributed by atoms with Crippen LogP contribution in [0, 0.1) is 6.92 Å². The first-order valence-electron chi connectivity index (χ1n) is 2.38. The van der Waals surface area contributed by atoms with Crippen LogP contribution in [0.5, 0.6) is 0 Å². The number of hydrogen-bond donors (Lipinski definition) is 6. The minimum absolute atomic E-state index is 0. The second-order valence-electron chi connectivity index (χ2n) is 1.32. The monoisotopic (exact) mass is 493 g/mol. The average Bonchev–Trinajstić information content (AvgIpc) is 1.52. The molecule has 0 aromatic heterocycles. The van der Waals surface area contributed by atoms with Gasteiger partial charge in [-0.2, -0.15) is 0 Å². The van der Waals surface area contributed by atoms with Crippen molar-refractivity contribution in [3.63, 3.8) is 0 Å². The molecule has 0 aliphatic carbocycles. The molecule has 0 fully saturated rings. The van der Waals surface area contributed by atoms with E-state index in [2.05, 4.69) is 61.6 Å². The van der Waals surface area contributed by atoms with Gasteiger partial charge in [-0.1, -0.05) is 24.5 Å². The predicted molar refractivity (Wildman–Crippen MR) is 71.0 cm³/mol. The summed E-state index contributed by atoms with van der Waals surface area (Å²) in [7, 11) is 0. The first kappa shape index (κ1) is 36.5. The molecule has 0 rings (SSSR count). The van der Waals surface area contributed by atoms with Crippen LogP contribution in [0.4, 0.5) is 0 Å². The summed E-state index contributed by atoms with van der Waals surface area (Å²) >= 11 is 14.1. The van der Waals surface area contributed by atoms with Gasteiger partial charge < -0.3 is 19.6 Å². The summed E-state index contributed by atoms with van der Waals surface area (Å²) in [6.45, 7) is 6.50. The first-order valence-corrected chi connectivity index (χ1v) is 10.1. The van der Waals surface area contributed by atoms with Crippen LogP contribution in [-0.2, 0) is 82.0 Å². The van der Waals surface area contributed by atoms with Crippen LogP contribution < -0.4 is 0 Å². The third kappa shape index (κ3) is 418. The topological polar surface area (TPSA) is 80.9 Å². The van der Waals surface area contributed by atoms with Gasteiger partial charge in [0.05, 0.1) is 0 Å². The Bertz CT molecular complexity index is 182. The van der Waals surface area contributed by atoms with Gasteiger partial charge in [-0.05, 0) is 23.6 Å². The Kier molecular flexibility index (Phi) is 47.1. The van der Waals surface area contributed by atoms with Gasteiger partial charge in [0.25, 0.3) is 0 Å². The molecular formula is C3H11O4P2S4Zn3-. The summed E-state index contributed by atoms with van der Waals surface area (Å²) in [6.07, 6.45) is 1.50. The second-order valence-corrected chi connectivity index (χ2v) is 11.4. The summed E-state index contributed by atoms with van der Waals surface area (Å²) < 4.78 is 0.